The lowest BCUT2D eigenvalue weighted by atomic mass is 10.0. The van der Waals surface area contributed by atoms with Crippen molar-refractivity contribution in [3.8, 4) is 0 Å². The summed E-state index contributed by atoms with van der Waals surface area (Å²) in [5.74, 6) is 0.104. The Labute approximate surface area is 148 Å². The van der Waals surface area contributed by atoms with Gasteiger partial charge in [0.05, 0.1) is 0 Å². The highest BCUT2D eigenvalue weighted by Gasteiger charge is 2.02. The van der Waals surface area contributed by atoms with E-state index in [4.69, 9.17) is 5.73 Å². The smallest absolute Gasteiger partial charge is 0.224 e. The average Bonchev–Trinajstić information content (AvgIpc) is 2.58. The van der Waals surface area contributed by atoms with E-state index in [1.54, 1.807) is 12.1 Å². The van der Waals surface area contributed by atoms with Gasteiger partial charge in [0.2, 0.25) is 5.91 Å². The third-order valence-electron chi connectivity index (χ3n) is 4.45. The van der Waals surface area contributed by atoms with Gasteiger partial charge in [-0.1, -0.05) is 77.6 Å². The summed E-state index contributed by atoms with van der Waals surface area (Å²) in [6.45, 7) is 2.27. The number of carbonyl (C=O) groups is 1. The minimum absolute atomic E-state index is 0.104. The first-order valence-corrected chi connectivity index (χ1v) is 9.87. The second kappa shape index (κ2) is 13.9. The monoisotopic (exact) mass is 332 g/mol. The first kappa shape index (κ1) is 20.5. The van der Waals surface area contributed by atoms with E-state index >= 15 is 0 Å². The van der Waals surface area contributed by atoms with E-state index in [0.29, 0.717) is 12.1 Å². The molecule has 1 aromatic rings. The Bertz CT molecular complexity index is 428. The second-order valence-corrected chi connectivity index (χ2v) is 6.81. The number of hydrogen-bond acceptors (Lipinski definition) is 2. The van der Waals surface area contributed by atoms with Gasteiger partial charge in [-0.25, -0.2) is 0 Å². The lowest BCUT2D eigenvalue weighted by Gasteiger charge is -2.06. The van der Waals surface area contributed by atoms with Crippen molar-refractivity contribution in [3.63, 3.8) is 0 Å². The van der Waals surface area contributed by atoms with Crippen LogP contribution in [0.25, 0.3) is 0 Å². The molecule has 0 fully saturated rings. The molecule has 3 heteroatoms. The highest BCUT2D eigenvalue weighted by molar-refractivity contribution is 5.90. The zero-order valence-electron chi connectivity index (χ0n) is 15.5. The van der Waals surface area contributed by atoms with Gasteiger partial charge in [0.1, 0.15) is 0 Å². The average molecular weight is 333 g/mol. The molecule has 0 bridgehead atoms. The number of nitrogen functional groups attached to an aromatic ring is 1. The molecule has 0 unspecified atom stereocenters. The van der Waals surface area contributed by atoms with Crippen molar-refractivity contribution < 1.29 is 4.79 Å². The Morgan fingerprint density at radius 2 is 1.25 bits per heavy atom. The summed E-state index contributed by atoms with van der Waals surface area (Å²) in [5, 5.41) is 2.91. The van der Waals surface area contributed by atoms with Crippen LogP contribution in [0.1, 0.15) is 90.4 Å². The van der Waals surface area contributed by atoms with E-state index in [1.807, 2.05) is 12.1 Å². The van der Waals surface area contributed by atoms with E-state index < -0.39 is 0 Å². The molecule has 0 aliphatic carbocycles. The molecule has 0 saturated heterocycles. The fraction of sp³-hybridized carbons (Fsp3) is 0.667. The summed E-state index contributed by atoms with van der Waals surface area (Å²) < 4.78 is 0. The van der Waals surface area contributed by atoms with Gasteiger partial charge in [-0.05, 0) is 30.7 Å². The fourth-order valence-electron chi connectivity index (χ4n) is 2.92. The van der Waals surface area contributed by atoms with Gasteiger partial charge in [0.15, 0.2) is 0 Å². The van der Waals surface area contributed by atoms with Gasteiger partial charge < -0.3 is 11.1 Å². The number of benzene rings is 1. The van der Waals surface area contributed by atoms with E-state index in [9.17, 15) is 4.79 Å². The maximum Gasteiger partial charge on any atom is 0.224 e. The number of amides is 1. The van der Waals surface area contributed by atoms with E-state index in [-0.39, 0.29) is 5.91 Å². The molecule has 24 heavy (non-hydrogen) atoms. The highest BCUT2D eigenvalue weighted by Crippen LogP contribution is 2.14. The highest BCUT2D eigenvalue weighted by atomic mass is 16.1. The van der Waals surface area contributed by atoms with Crippen LogP contribution < -0.4 is 11.1 Å². The Balaban J connectivity index is 1.87. The van der Waals surface area contributed by atoms with Gasteiger partial charge in [0.25, 0.3) is 0 Å². The van der Waals surface area contributed by atoms with Crippen LogP contribution in [0.15, 0.2) is 24.3 Å². The van der Waals surface area contributed by atoms with Crippen LogP contribution >= 0.6 is 0 Å². The molecular weight excluding hydrogens is 296 g/mol. The SMILES string of the molecule is CCCCCCCCCCCCCCC(=O)Nc1ccc(N)cc1. The molecule has 0 aromatic heterocycles. The van der Waals surface area contributed by atoms with Crippen LogP contribution in [-0.2, 0) is 4.79 Å². The van der Waals surface area contributed by atoms with Crippen LogP contribution in [-0.4, -0.2) is 5.91 Å². The number of rotatable bonds is 14. The topological polar surface area (TPSA) is 55.1 Å². The van der Waals surface area contributed by atoms with Crippen molar-refractivity contribution in [1.29, 1.82) is 0 Å². The van der Waals surface area contributed by atoms with Crippen LogP contribution in [0.4, 0.5) is 11.4 Å². The molecule has 1 aromatic carbocycles. The van der Waals surface area contributed by atoms with Gasteiger partial charge in [-0.15, -0.1) is 0 Å². The molecule has 0 spiro atoms. The standard InChI is InChI=1S/C21H36N2O/c1-2-3-4-5-6-7-8-9-10-11-12-13-14-21(24)23-20-17-15-19(22)16-18-20/h15-18H,2-14,22H2,1H3,(H,23,24). The molecule has 3 nitrogen and oxygen atoms in total. The molecular formula is C21H36N2O. The number of hydrogen-bond donors (Lipinski definition) is 2. The van der Waals surface area contributed by atoms with Crippen molar-refractivity contribution in [3.05, 3.63) is 24.3 Å². The van der Waals surface area contributed by atoms with Crippen molar-refractivity contribution >= 4 is 17.3 Å². The molecule has 136 valence electrons. The molecule has 0 saturated carbocycles. The van der Waals surface area contributed by atoms with Gasteiger partial charge in [-0.2, -0.15) is 0 Å². The summed E-state index contributed by atoms with van der Waals surface area (Å²) in [6, 6.07) is 7.30. The maximum absolute atomic E-state index is 11.8. The molecule has 3 N–H and O–H groups in total. The predicted molar refractivity (Wildman–Crippen MR) is 105 cm³/mol. The number of nitrogens with two attached hydrogens (primary N) is 1. The third kappa shape index (κ3) is 11.1. The number of unbranched alkanes of at least 4 members (excludes halogenated alkanes) is 11. The third-order valence-corrected chi connectivity index (χ3v) is 4.45. The normalized spacial score (nSPS) is 10.7. The Hall–Kier alpha value is -1.51. The van der Waals surface area contributed by atoms with E-state index in [1.165, 1.54) is 64.2 Å². The molecule has 1 rings (SSSR count). The Morgan fingerprint density at radius 3 is 1.75 bits per heavy atom. The van der Waals surface area contributed by atoms with Crippen molar-refractivity contribution in [2.45, 2.75) is 90.4 Å². The van der Waals surface area contributed by atoms with Crippen LogP contribution in [0.2, 0.25) is 0 Å². The van der Waals surface area contributed by atoms with Gasteiger partial charge >= 0.3 is 0 Å². The zero-order valence-corrected chi connectivity index (χ0v) is 15.5. The predicted octanol–water partition coefficient (Wildman–Crippen LogP) is 6.30. The molecule has 0 aliphatic heterocycles. The fourth-order valence-corrected chi connectivity index (χ4v) is 2.92. The first-order chi connectivity index (χ1) is 11.7. The van der Waals surface area contributed by atoms with Gasteiger partial charge in [0, 0.05) is 17.8 Å². The minimum atomic E-state index is 0.104. The van der Waals surface area contributed by atoms with Gasteiger partial charge in [-0.3, -0.25) is 4.79 Å². The Kier molecular flexibility index (Phi) is 11.9. The lowest BCUT2D eigenvalue weighted by Crippen LogP contribution is -2.10. The zero-order chi connectivity index (χ0) is 17.5. The molecule has 0 heterocycles. The van der Waals surface area contributed by atoms with Crippen molar-refractivity contribution in [2.75, 3.05) is 11.1 Å². The Morgan fingerprint density at radius 1 is 0.792 bits per heavy atom. The summed E-state index contributed by atoms with van der Waals surface area (Å²) in [5.41, 5.74) is 7.17. The molecule has 0 radical (unpaired) electrons. The number of nitrogens with one attached hydrogen (secondary N) is 1. The minimum Gasteiger partial charge on any atom is -0.399 e. The largest absolute Gasteiger partial charge is 0.399 e. The van der Waals surface area contributed by atoms with Crippen LogP contribution in [0.5, 0.6) is 0 Å². The number of anilines is 2. The lowest BCUT2D eigenvalue weighted by molar-refractivity contribution is -0.116. The second-order valence-electron chi connectivity index (χ2n) is 6.81. The van der Waals surface area contributed by atoms with E-state index in [0.717, 1.165) is 18.5 Å². The van der Waals surface area contributed by atoms with Crippen molar-refractivity contribution in [1.82, 2.24) is 0 Å². The molecule has 1 amide bonds. The molecule has 0 aliphatic rings. The van der Waals surface area contributed by atoms with Crippen LogP contribution in [0.3, 0.4) is 0 Å². The summed E-state index contributed by atoms with van der Waals surface area (Å²) in [4.78, 5) is 11.8. The molecule has 0 atom stereocenters. The summed E-state index contributed by atoms with van der Waals surface area (Å²) in [7, 11) is 0. The summed E-state index contributed by atoms with van der Waals surface area (Å²) in [6.07, 6.45) is 16.4. The maximum atomic E-state index is 11.8. The van der Waals surface area contributed by atoms with Crippen molar-refractivity contribution in [2.24, 2.45) is 0 Å². The summed E-state index contributed by atoms with van der Waals surface area (Å²) >= 11 is 0. The first-order valence-electron chi connectivity index (χ1n) is 9.87. The van der Waals surface area contributed by atoms with Crippen LogP contribution in [0, 0.1) is 0 Å². The quantitative estimate of drug-likeness (QED) is 0.310. The van der Waals surface area contributed by atoms with E-state index in [2.05, 4.69) is 12.2 Å². The number of carbonyl (C=O) groups excluding carboxylic acids is 1.